The molecule has 0 aliphatic carbocycles. The van der Waals surface area contributed by atoms with E-state index in [1.54, 1.807) is 30.3 Å². The third kappa shape index (κ3) is 5.87. The van der Waals surface area contributed by atoms with Crippen LogP contribution in [0.25, 0.3) is 0 Å². The lowest BCUT2D eigenvalue weighted by Crippen LogP contribution is -2.14. The zero-order chi connectivity index (χ0) is 20.6. The molecule has 0 saturated heterocycles. The molecule has 0 fully saturated rings. The number of benzene rings is 3. The van der Waals surface area contributed by atoms with E-state index in [4.69, 9.17) is 9.47 Å². The van der Waals surface area contributed by atoms with Crippen LogP contribution in [0.2, 0.25) is 0 Å². The Hall–Kier alpha value is -3.74. The Bertz CT molecular complexity index is 972. The molecular weight excluding hydrogens is 382 g/mol. The van der Waals surface area contributed by atoms with E-state index in [0.29, 0.717) is 11.5 Å². The SMILES string of the molecule is O=C(COC(=O)c1cccc(Oc2ccccc2)c1)c1ccc(OC(F)F)cc1. The van der Waals surface area contributed by atoms with Gasteiger partial charge in [0.25, 0.3) is 0 Å². The molecule has 0 N–H and O–H groups in total. The summed E-state index contributed by atoms with van der Waals surface area (Å²) in [6.07, 6.45) is 0. The van der Waals surface area contributed by atoms with Crippen LogP contribution in [-0.4, -0.2) is 25.0 Å². The van der Waals surface area contributed by atoms with E-state index in [-0.39, 0.29) is 16.9 Å². The van der Waals surface area contributed by atoms with E-state index in [1.165, 1.54) is 30.3 Å². The number of esters is 1. The summed E-state index contributed by atoms with van der Waals surface area (Å²) in [5.74, 6) is -0.156. The van der Waals surface area contributed by atoms with Crippen molar-refractivity contribution in [3.8, 4) is 17.2 Å². The summed E-state index contributed by atoms with van der Waals surface area (Å²) < 4.78 is 39.2. The first-order valence-electron chi connectivity index (χ1n) is 8.59. The summed E-state index contributed by atoms with van der Waals surface area (Å²) >= 11 is 0. The summed E-state index contributed by atoms with van der Waals surface area (Å²) in [4.78, 5) is 24.4. The van der Waals surface area contributed by atoms with Crippen LogP contribution in [0.4, 0.5) is 8.78 Å². The standard InChI is InChI=1S/C22H16F2O5/c23-22(24)29-18-11-9-15(10-12-18)20(25)14-27-21(26)16-5-4-8-19(13-16)28-17-6-2-1-3-7-17/h1-13,22H,14H2. The first kappa shape index (κ1) is 20.0. The van der Waals surface area contributed by atoms with Gasteiger partial charge in [-0.3, -0.25) is 4.79 Å². The molecule has 0 bridgehead atoms. The van der Waals surface area contributed by atoms with E-state index >= 15 is 0 Å². The van der Waals surface area contributed by atoms with Gasteiger partial charge in [-0.15, -0.1) is 0 Å². The molecule has 5 nitrogen and oxygen atoms in total. The van der Waals surface area contributed by atoms with Crippen LogP contribution in [0.1, 0.15) is 20.7 Å². The average molecular weight is 398 g/mol. The zero-order valence-corrected chi connectivity index (χ0v) is 15.1. The maximum Gasteiger partial charge on any atom is 0.387 e. The van der Waals surface area contributed by atoms with Gasteiger partial charge in [-0.2, -0.15) is 8.78 Å². The van der Waals surface area contributed by atoms with Crippen LogP contribution in [0, 0.1) is 0 Å². The predicted molar refractivity (Wildman–Crippen MR) is 101 cm³/mol. The van der Waals surface area contributed by atoms with Crippen molar-refractivity contribution in [3.63, 3.8) is 0 Å². The number of hydrogen-bond acceptors (Lipinski definition) is 5. The van der Waals surface area contributed by atoms with Crippen LogP contribution < -0.4 is 9.47 Å². The maximum absolute atomic E-state index is 12.2. The molecule has 0 radical (unpaired) electrons. The Morgan fingerprint density at radius 1 is 0.759 bits per heavy atom. The Labute approximate surface area is 165 Å². The number of carbonyl (C=O) groups is 2. The molecule has 3 rings (SSSR count). The lowest BCUT2D eigenvalue weighted by Gasteiger charge is -2.08. The first-order valence-corrected chi connectivity index (χ1v) is 8.59. The molecule has 0 saturated carbocycles. The highest BCUT2D eigenvalue weighted by atomic mass is 19.3. The monoisotopic (exact) mass is 398 g/mol. The van der Waals surface area contributed by atoms with E-state index in [2.05, 4.69) is 4.74 Å². The molecule has 3 aromatic carbocycles. The van der Waals surface area contributed by atoms with Gasteiger partial charge in [0.15, 0.2) is 12.4 Å². The van der Waals surface area contributed by atoms with Crippen molar-refractivity contribution in [3.05, 3.63) is 90.0 Å². The van der Waals surface area contributed by atoms with Gasteiger partial charge in [-0.1, -0.05) is 24.3 Å². The Morgan fingerprint density at radius 3 is 2.14 bits per heavy atom. The van der Waals surface area contributed by atoms with Gasteiger partial charge in [0.05, 0.1) is 5.56 Å². The minimum atomic E-state index is -2.95. The molecule has 0 unspecified atom stereocenters. The number of halogens is 2. The zero-order valence-electron chi connectivity index (χ0n) is 15.1. The van der Waals surface area contributed by atoms with Crippen molar-refractivity contribution in [2.24, 2.45) is 0 Å². The normalized spacial score (nSPS) is 10.4. The average Bonchev–Trinajstić information content (AvgIpc) is 2.73. The fourth-order valence-electron chi connectivity index (χ4n) is 2.43. The molecule has 3 aromatic rings. The van der Waals surface area contributed by atoms with Crippen molar-refractivity contribution >= 4 is 11.8 Å². The largest absolute Gasteiger partial charge is 0.457 e. The third-order valence-corrected chi connectivity index (χ3v) is 3.78. The van der Waals surface area contributed by atoms with Crippen LogP contribution >= 0.6 is 0 Å². The second kappa shape index (κ2) is 9.45. The summed E-state index contributed by atoms with van der Waals surface area (Å²) in [5.41, 5.74) is 0.437. The molecule has 0 aromatic heterocycles. The Morgan fingerprint density at radius 2 is 1.45 bits per heavy atom. The van der Waals surface area contributed by atoms with E-state index in [1.807, 2.05) is 18.2 Å². The lowest BCUT2D eigenvalue weighted by molar-refractivity contribution is -0.0498. The van der Waals surface area contributed by atoms with Crippen molar-refractivity contribution in [1.29, 1.82) is 0 Å². The van der Waals surface area contributed by atoms with Gasteiger partial charge in [-0.25, -0.2) is 4.79 Å². The van der Waals surface area contributed by atoms with Crippen LogP contribution in [0.15, 0.2) is 78.9 Å². The first-order chi connectivity index (χ1) is 14.0. The number of ketones is 1. The highest BCUT2D eigenvalue weighted by Gasteiger charge is 2.13. The van der Waals surface area contributed by atoms with Gasteiger partial charge < -0.3 is 14.2 Å². The molecule has 0 spiro atoms. The van der Waals surface area contributed by atoms with Crippen molar-refractivity contribution < 1.29 is 32.6 Å². The highest BCUT2D eigenvalue weighted by Crippen LogP contribution is 2.22. The molecule has 0 heterocycles. The molecule has 148 valence electrons. The van der Waals surface area contributed by atoms with Gasteiger partial charge in [-0.05, 0) is 54.6 Å². The number of Topliss-reactive ketones (excluding diaryl/α,β-unsaturated/α-hetero) is 1. The minimum Gasteiger partial charge on any atom is -0.457 e. The lowest BCUT2D eigenvalue weighted by atomic mass is 10.1. The molecule has 7 heteroatoms. The number of carbonyl (C=O) groups excluding carboxylic acids is 2. The van der Waals surface area contributed by atoms with Crippen LogP contribution in [0.5, 0.6) is 17.2 Å². The number of para-hydroxylation sites is 1. The topological polar surface area (TPSA) is 61.8 Å². The van der Waals surface area contributed by atoms with Crippen LogP contribution in [-0.2, 0) is 4.74 Å². The number of ether oxygens (including phenoxy) is 3. The van der Waals surface area contributed by atoms with E-state index in [0.717, 1.165) is 0 Å². The number of alkyl halides is 2. The van der Waals surface area contributed by atoms with Gasteiger partial charge in [0, 0.05) is 5.56 Å². The second-order valence-electron chi connectivity index (χ2n) is 5.85. The molecule has 0 aliphatic heterocycles. The van der Waals surface area contributed by atoms with Gasteiger partial charge in [0.2, 0.25) is 0 Å². The van der Waals surface area contributed by atoms with E-state index < -0.39 is 25.0 Å². The summed E-state index contributed by atoms with van der Waals surface area (Å²) in [6.45, 7) is -3.43. The molecule has 0 amide bonds. The maximum atomic E-state index is 12.2. The fraction of sp³-hybridized carbons (Fsp3) is 0.0909. The smallest absolute Gasteiger partial charge is 0.387 e. The molecule has 29 heavy (non-hydrogen) atoms. The quantitative estimate of drug-likeness (QED) is 0.389. The highest BCUT2D eigenvalue weighted by molar-refractivity contribution is 5.99. The van der Waals surface area contributed by atoms with Crippen molar-refractivity contribution in [2.75, 3.05) is 6.61 Å². The molecule has 0 aliphatic rings. The number of hydrogen-bond donors (Lipinski definition) is 0. The third-order valence-electron chi connectivity index (χ3n) is 3.78. The van der Waals surface area contributed by atoms with Gasteiger partial charge >= 0.3 is 12.6 Å². The van der Waals surface area contributed by atoms with Gasteiger partial charge in [0.1, 0.15) is 17.2 Å². The predicted octanol–water partition coefficient (Wildman–Crippen LogP) is 5.12. The number of rotatable bonds is 8. The molecule has 0 atom stereocenters. The second-order valence-corrected chi connectivity index (χ2v) is 5.85. The minimum absolute atomic E-state index is 0.0659. The summed E-state index contributed by atoms with van der Waals surface area (Å²) in [6, 6.07) is 20.6. The van der Waals surface area contributed by atoms with E-state index in [9.17, 15) is 18.4 Å². The summed E-state index contributed by atoms with van der Waals surface area (Å²) in [7, 11) is 0. The van der Waals surface area contributed by atoms with Crippen molar-refractivity contribution in [1.82, 2.24) is 0 Å². The fourth-order valence-corrected chi connectivity index (χ4v) is 2.43. The summed E-state index contributed by atoms with van der Waals surface area (Å²) in [5, 5.41) is 0. The Balaban J connectivity index is 1.57. The van der Waals surface area contributed by atoms with Crippen molar-refractivity contribution in [2.45, 2.75) is 6.61 Å². The Kier molecular flexibility index (Phi) is 6.52. The van der Waals surface area contributed by atoms with Crippen LogP contribution in [0.3, 0.4) is 0 Å². The molecular formula is C22H16F2O5.